The lowest BCUT2D eigenvalue weighted by molar-refractivity contribution is -0.123. The van der Waals surface area contributed by atoms with Crippen molar-refractivity contribution in [2.24, 2.45) is 0 Å². The first-order valence-electron chi connectivity index (χ1n) is 11.1. The fourth-order valence-electron chi connectivity index (χ4n) is 3.92. The lowest BCUT2D eigenvalue weighted by atomic mass is 10.1. The average molecular weight is 489 g/mol. The van der Waals surface area contributed by atoms with Crippen LogP contribution in [0.5, 0.6) is 0 Å². The van der Waals surface area contributed by atoms with Gasteiger partial charge in [-0.2, -0.15) is 0 Å². The van der Waals surface area contributed by atoms with Gasteiger partial charge >= 0.3 is 5.97 Å². The molecule has 2 aromatic carbocycles. The molecule has 10 heteroatoms. The molecule has 1 amide bonds. The number of carbonyl (C=O) groups is 2. The summed E-state index contributed by atoms with van der Waals surface area (Å²) in [7, 11) is -3.86. The molecule has 1 saturated heterocycles. The molecule has 1 aliphatic heterocycles. The van der Waals surface area contributed by atoms with E-state index in [0.717, 1.165) is 0 Å². The molecule has 0 radical (unpaired) electrons. The third kappa shape index (κ3) is 6.48. The first-order valence-corrected chi connectivity index (χ1v) is 12.6. The third-order valence-electron chi connectivity index (χ3n) is 5.46. The molecule has 0 atom stereocenters. The Labute approximate surface area is 200 Å². The van der Waals surface area contributed by atoms with E-state index in [1.807, 2.05) is 30.6 Å². The molecule has 0 aromatic heterocycles. The van der Waals surface area contributed by atoms with Crippen molar-refractivity contribution in [3.8, 4) is 0 Å². The molecule has 1 aliphatic rings. The van der Waals surface area contributed by atoms with Crippen molar-refractivity contribution >= 4 is 33.3 Å². The molecule has 1 fully saturated rings. The number of piperazine rings is 1. The van der Waals surface area contributed by atoms with Gasteiger partial charge in [-0.25, -0.2) is 13.2 Å². The summed E-state index contributed by atoms with van der Waals surface area (Å²) in [5, 5.41) is 12.7. The van der Waals surface area contributed by atoms with E-state index in [-0.39, 0.29) is 34.1 Å². The van der Waals surface area contributed by atoms with Crippen LogP contribution in [0, 0.1) is 6.92 Å². The average Bonchev–Trinajstić information content (AvgIpc) is 2.73. The molecule has 3 N–H and O–H groups in total. The normalized spacial score (nSPS) is 15.1. The van der Waals surface area contributed by atoms with Crippen LogP contribution in [0.25, 0.3) is 0 Å². The van der Waals surface area contributed by atoms with E-state index in [4.69, 9.17) is 0 Å². The first-order chi connectivity index (χ1) is 15.9. The Bertz CT molecular complexity index is 1170. The summed E-state index contributed by atoms with van der Waals surface area (Å²) in [6, 6.07) is 11.1. The number of benzene rings is 2. The molecule has 0 aliphatic carbocycles. The van der Waals surface area contributed by atoms with E-state index >= 15 is 0 Å². The molecule has 0 saturated carbocycles. The molecular weight excluding hydrogens is 456 g/mol. The summed E-state index contributed by atoms with van der Waals surface area (Å²) in [6.07, 6.45) is 0. The quantitative estimate of drug-likeness (QED) is 0.548. The molecule has 0 bridgehead atoms. The number of rotatable bonds is 7. The number of aryl methyl sites for hydroxylation is 1. The SMILES string of the molecule is Cc1ccccc1S(=O)(=O)Nc1ccc(N2CCN(CC(=O)NC(C)(C)C)CC2)c(C(=O)O)c1. The van der Waals surface area contributed by atoms with Gasteiger partial charge in [-0.15, -0.1) is 0 Å². The van der Waals surface area contributed by atoms with Gasteiger partial charge in [-0.1, -0.05) is 18.2 Å². The maximum absolute atomic E-state index is 12.8. The monoisotopic (exact) mass is 488 g/mol. The van der Waals surface area contributed by atoms with Crippen molar-refractivity contribution in [2.45, 2.75) is 38.1 Å². The van der Waals surface area contributed by atoms with Gasteiger partial charge in [0.05, 0.1) is 22.7 Å². The molecule has 34 heavy (non-hydrogen) atoms. The van der Waals surface area contributed by atoms with Gasteiger partial charge in [-0.3, -0.25) is 14.4 Å². The molecule has 2 aromatic rings. The van der Waals surface area contributed by atoms with Crippen molar-refractivity contribution in [1.82, 2.24) is 10.2 Å². The zero-order valence-corrected chi connectivity index (χ0v) is 20.8. The van der Waals surface area contributed by atoms with Crippen LogP contribution < -0.4 is 14.9 Å². The predicted molar refractivity (Wildman–Crippen MR) is 132 cm³/mol. The van der Waals surface area contributed by atoms with E-state index in [9.17, 15) is 23.1 Å². The number of hydrogen-bond donors (Lipinski definition) is 3. The van der Waals surface area contributed by atoms with Gasteiger partial charge in [0.15, 0.2) is 0 Å². The Morgan fingerprint density at radius 1 is 1.03 bits per heavy atom. The summed E-state index contributed by atoms with van der Waals surface area (Å²) in [5.74, 6) is -1.18. The fraction of sp³-hybridized carbons (Fsp3) is 0.417. The molecule has 0 spiro atoms. The van der Waals surface area contributed by atoms with E-state index in [0.29, 0.717) is 37.4 Å². The van der Waals surface area contributed by atoms with Gasteiger partial charge in [0.25, 0.3) is 10.0 Å². The maximum Gasteiger partial charge on any atom is 0.337 e. The lowest BCUT2D eigenvalue weighted by Gasteiger charge is -2.36. The number of carboxylic acids is 1. The lowest BCUT2D eigenvalue weighted by Crippen LogP contribution is -2.52. The number of anilines is 2. The van der Waals surface area contributed by atoms with Crippen LogP contribution in [0.1, 0.15) is 36.7 Å². The van der Waals surface area contributed by atoms with Crippen LogP contribution >= 0.6 is 0 Å². The standard InChI is InChI=1S/C24H32N4O5S/c1-17-7-5-6-8-21(17)34(32,33)26-18-9-10-20(19(15-18)23(30)31)28-13-11-27(12-14-28)16-22(29)25-24(2,3)4/h5-10,15,26H,11-14,16H2,1-4H3,(H,25,29)(H,30,31). The van der Waals surface area contributed by atoms with Gasteiger partial charge in [0.2, 0.25) is 5.91 Å². The number of sulfonamides is 1. The Morgan fingerprint density at radius 3 is 2.26 bits per heavy atom. The van der Waals surface area contributed by atoms with Crippen LogP contribution in [0.4, 0.5) is 11.4 Å². The number of nitrogens with zero attached hydrogens (tertiary/aromatic N) is 2. The van der Waals surface area contributed by atoms with E-state index in [1.165, 1.54) is 12.1 Å². The van der Waals surface area contributed by atoms with Gasteiger partial charge in [-0.05, 0) is 57.5 Å². The predicted octanol–water partition coefficient (Wildman–Crippen LogP) is 2.53. The van der Waals surface area contributed by atoms with Crippen molar-refractivity contribution in [3.63, 3.8) is 0 Å². The minimum Gasteiger partial charge on any atom is -0.478 e. The second kappa shape index (κ2) is 10.0. The number of carbonyl (C=O) groups excluding carboxylic acids is 1. The second-order valence-electron chi connectivity index (χ2n) is 9.47. The number of aromatic carboxylic acids is 1. The van der Waals surface area contributed by atoms with E-state index in [2.05, 4.69) is 10.0 Å². The summed E-state index contributed by atoms with van der Waals surface area (Å²) in [5.41, 5.74) is 1.02. The molecule has 184 valence electrons. The van der Waals surface area contributed by atoms with E-state index < -0.39 is 16.0 Å². The van der Waals surface area contributed by atoms with Crippen LogP contribution in [-0.2, 0) is 14.8 Å². The summed E-state index contributed by atoms with van der Waals surface area (Å²) in [4.78, 5) is 28.3. The summed E-state index contributed by atoms with van der Waals surface area (Å²) < 4.78 is 28.1. The zero-order valence-electron chi connectivity index (χ0n) is 20.0. The minimum atomic E-state index is -3.86. The summed E-state index contributed by atoms with van der Waals surface area (Å²) >= 11 is 0. The fourth-order valence-corrected chi connectivity index (χ4v) is 5.22. The molecule has 1 heterocycles. The number of carboxylic acid groups (broad SMARTS) is 1. The first kappa shape index (κ1) is 25.5. The molecular formula is C24H32N4O5S. The van der Waals surface area contributed by atoms with Crippen molar-refractivity contribution < 1.29 is 23.1 Å². The van der Waals surface area contributed by atoms with Crippen LogP contribution in [-0.4, -0.2) is 68.6 Å². The molecule has 0 unspecified atom stereocenters. The number of amides is 1. The summed E-state index contributed by atoms with van der Waals surface area (Å²) in [6.45, 7) is 10.1. The Kier molecular flexibility index (Phi) is 7.52. The largest absolute Gasteiger partial charge is 0.478 e. The van der Waals surface area contributed by atoms with Crippen molar-refractivity contribution in [3.05, 3.63) is 53.6 Å². The number of hydrogen-bond acceptors (Lipinski definition) is 6. The highest BCUT2D eigenvalue weighted by Crippen LogP contribution is 2.27. The highest BCUT2D eigenvalue weighted by atomic mass is 32.2. The Morgan fingerprint density at radius 2 is 1.68 bits per heavy atom. The van der Waals surface area contributed by atoms with Crippen LogP contribution in [0.3, 0.4) is 0 Å². The van der Waals surface area contributed by atoms with E-state index in [1.54, 1.807) is 37.3 Å². The van der Waals surface area contributed by atoms with Gasteiger partial charge in [0.1, 0.15) is 0 Å². The maximum atomic E-state index is 12.8. The second-order valence-corrected chi connectivity index (χ2v) is 11.1. The Balaban J connectivity index is 1.72. The topological polar surface area (TPSA) is 119 Å². The van der Waals surface area contributed by atoms with Crippen molar-refractivity contribution in [2.75, 3.05) is 42.3 Å². The van der Waals surface area contributed by atoms with Gasteiger partial charge in [0, 0.05) is 37.4 Å². The molecule has 9 nitrogen and oxygen atoms in total. The highest BCUT2D eigenvalue weighted by molar-refractivity contribution is 7.92. The third-order valence-corrected chi connectivity index (χ3v) is 7.00. The minimum absolute atomic E-state index is 0.0175. The van der Waals surface area contributed by atoms with Gasteiger partial charge < -0.3 is 15.3 Å². The zero-order chi connectivity index (χ0) is 25.1. The molecule has 3 rings (SSSR count). The Hall–Kier alpha value is -3.11. The van der Waals surface area contributed by atoms with Crippen molar-refractivity contribution in [1.29, 1.82) is 0 Å². The number of nitrogens with one attached hydrogen (secondary N) is 2. The smallest absolute Gasteiger partial charge is 0.337 e. The van der Waals surface area contributed by atoms with Crippen LogP contribution in [0.15, 0.2) is 47.4 Å². The van der Waals surface area contributed by atoms with Crippen LogP contribution in [0.2, 0.25) is 0 Å². The highest BCUT2D eigenvalue weighted by Gasteiger charge is 2.25.